The van der Waals surface area contributed by atoms with Gasteiger partial charge in [-0.1, -0.05) is 0 Å². The number of piperidine rings is 1. The second-order valence-corrected chi connectivity index (χ2v) is 3.58. The first kappa shape index (κ1) is 10.5. The van der Waals surface area contributed by atoms with E-state index in [4.69, 9.17) is 10.4 Å². The molecule has 0 radical (unpaired) electrons. The number of likely N-dealkylation sites (tertiary alicyclic amines) is 1. The molecule has 1 saturated heterocycles. The van der Waals surface area contributed by atoms with Crippen molar-refractivity contribution in [2.45, 2.75) is 19.3 Å². The number of hydrogen-bond acceptors (Lipinski definition) is 3. The number of carboxylic acid groups (broad SMARTS) is 1. The van der Waals surface area contributed by atoms with E-state index in [-0.39, 0.29) is 6.42 Å². The maximum atomic E-state index is 10.8. The van der Waals surface area contributed by atoms with Gasteiger partial charge >= 0.3 is 6.09 Å². The van der Waals surface area contributed by atoms with Crippen molar-refractivity contribution < 1.29 is 14.7 Å². The molecule has 1 rings (SSSR count). The van der Waals surface area contributed by atoms with Crippen LogP contribution < -0.4 is 0 Å². The van der Waals surface area contributed by atoms with E-state index in [0.29, 0.717) is 25.9 Å². The minimum atomic E-state index is -0.957. The van der Waals surface area contributed by atoms with Gasteiger partial charge in [-0.05, 0) is 12.8 Å². The molecule has 5 heteroatoms. The average molecular weight is 196 g/mol. The first-order chi connectivity index (χ1) is 6.63. The molecular formula is C9H12N2O3. The summed E-state index contributed by atoms with van der Waals surface area (Å²) in [6.45, 7) is 0.686. The van der Waals surface area contributed by atoms with Gasteiger partial charge in [-0.25, -0.2) is 4.79 Å². The van der Waals surface area contributed by atoms with Gasteiger partial charge in [0.25, 0.3) is 0 Å². The summed E-state index contributed by atoms with van der Waals surface area (Å²) in [6.07, 6.45) is 0.938. The van der Waals surface area contributed by atoms with Crippen LogP contribution in [-0.2, 0) is 4.79 Å². The van der Waals surface area contributed by atoms with Crippen molar-refractivity contribution in [3.63, 3.8) is 0 Å². The predicted molar refractivity (Wildman–Crippen MR) is 47.6 cm³/mol. The Balaban J connectivity index is 2.60. The SMILES string of the molecule is N#CCC1(C=O)CCN(C(=O)O)CC1. The molecular weight excluding hydrogens is 184 g/mol. The number of nitriles is 1. The first-order valence-corrected chi connectivity index (χ1v) is 4.45. The number of rotatable bonds is 2. The van der Waals surface area contributed by atoms with E-state index in [1.807, 2.05) is 6.07 Å². The lowest BCUT2D eigenvalue weighted by Crippen LogP contribution is -2.43. The van der Waals surface area contributed by atoms with E-state index < -0.39 is 11.5 Å². The van der Waals surface area contributed by atoms with Gasteiger partial charge in [0.1, 0.15) is 6.29 Å². The molecule has 1 aliphatic rings. The van der Waals surface area contributed by atoms with Gasteiger partial charge in [-0.2, -0.15) is 5.26 Å². The molecule has 1 heterocycles. The third kappa shape index (κ3) is 2.02. The molecule has 5 nitrogen and oxygen atoms in total. The van der Waals surface area contributed by atoms with Gasteiger partial charge in [0.2, 0.25) is 0 Å². The van der Waals surface area contributed by atoms with Crippen molar-refractivity contribution in [3.8, 4) is 6.07 Å². The normalized spacial score (nSPS) is 19.8. The van der Waals surface area contributed by atoms with Crippen LogP contribution in [0.5, 0.6) is 0 Å². The lowest BCUT2D eigenvalue weighted by molar-refractivity contribution is -0.118. The molecule has 76 valence electrons. The third-order valence-corrected chi connectivity index (χ3v) is 2.71. The molecule has 1 amide bonds. The van der Waals surface area contributed by atoms with Gasteiger partial charge in [-0.15, -0.1) is 0 Å². The molecule has 1 N–H and O–H groups in total. The predicted octanol–water partition coefficient (Wildman–Crippen LogP) is 0.859. The Morgan fingerprint density at radius 1 is 1.57 bits per heavy atom. The van der Waals surface area contributed by atoms with E-state index in [9.17, 15) is 9.59 Å². The molecule has 0 bridgehead atoms. The lowest BCUT2D eigenvalue weighted by Gasteiger charge is -2.35. The zero-order chi connectivity index (χ0) is 10.6. The molecule has 0 aliphatic carbocycles. The quantitative estimate of drug-likeness (QED) is 0.664. The van der Waals surface area contributed by atoms with Crippen molar-refractivity contribution in [1.29, 1.82) is 5.26 Å². The highest BCUT2D eigenvalue weighted by atomic mass is 16.4. The van der Waals surface area contributed by atoms with Crippen molar-refractivity contribution in [2.75, 3.05) is 13.1 Å². The Bertz CT molecular complexity index is 274. The first-order valence-electron chi connectivity index (χ1n) is 4.45. The molecule has 14 heavy (non-hydrogen) atoms. The van der Waals surface area contributed by atoms with Gasteiger partial charge in [-0.3, -0.25) is 0 Å². The summed E-state index contributed by atoms with van der Waals surface area (Å²) in [7, 11) is 0. The number of carbonyl (C=O) groups excluding carboxylic acids is 1. The molecule has 0 unspecified atom stereocenters. The Labute approximate surface area is 81.9 Å². The van der Waals surface area contributed by atoms with Crippen LogP contribution in [-0.4, -0.2) is 35.5 Å². The van der Waals surface area contributed by atoms with Crippen LogP contribution >= 0.6 is 0 Å². The highest BCUT2D eigenvalue weighted by Gasteiger charge is 2.35. The Morgan fingerprint density at radius 3 is 2.50 bits per heavy atom. The van der Waals surface area contributed by atoms with Gasteiger partial charge in [0.05, 0.1) is 6.07 Å². The minimum Gasteiger partial charge on any atom is -0.465 e. The van der Waals surface area contributed by atoms with Crippen LogP contribution in [0.1, 0.15) is 19.3 Å². The maximum absolute atomic E-state index is 10.8. The molecule has 0 saturated carbocycles. The van der Waals surface area contributed by atoms with Crippen molar-refractivity contribution >= 4 is 12.4 Å². The average Bonchev–Trinajstić information content (AvgIpc) is 2.19. The zero-order valence-electron chi connectivity index (χ0n) is 7.77. The van der Waals surface area contributed by atoms with Crippen molar-refractivity contribution in [2.24, 2.45) is 5.41 Å². The molecule has 0 aromatic rings. The summed E-state index contributed by atoms with van der Waals surface area (Å²) >= 11 is 0. The monoisotopic (exact) mass is 196 g/mol. The summed E-state index contributed by atoms with van der Waals surface area (Å²) in [4.78, 5) is 22.7. The van der Waals surface area contributed by atoms with Crippen LogP contribution in [0.25, 0.3) is 0 Å². The fraction of sp³-hybridized carbons (Fsp3) is 0.667. The number of hydrogen-bond donors (Lipinski definition) is 1. The molecule has 0 aromatic carbocycles. The standard InChI is InChI=1S/C9H12N2O3/c10-4-1-9(7-12)2-5-11(6-3-9)8(13)14/h7H,1-3,5-6H2,(H,13,14). The Morgan fingerprint density at radius 2 is 2.14 bits per heavy atom. The Kier molecular flexibility index (Phi) is 3.07. The largest absolute Gasteiger partial charge is 0.465 e. The number of carbonyl (C=O) groups is 2. The second kappa shape index (κ2) is 4.09. The fourth-order valence-electron chi connectivity index (χ4n) is 1.64. The molecule has 0 spiro atoms. The van der Waals surface area contributed by atoms with E-state index in [2.05, 4.69) is 0 Å². The lowest BCUT2D eigenvalue weighted by atomic mass is 9.77. The fourth-order valence-corrected chi connectivity index (χ4v) is 1.64. The van der Waals surface area contributed by atoms with Gasteiger partial charge < -0.3 is 14.8 Å². The van der Waals surface area contributed by atoms with Crippen LogP contribution in [0.2, 0.25) is 0 Å². The maximum Gasteiger partial charge on any atom is 0.407 e. The van der Waals surface area contributed by atoms with Gasteiger partial charge in [0, 0.05) is 24.9 Å². The highest BCUT2D eigenvalue weighted by molar-refractivity contribution is 5.66. The second-order valence-electron chi connectivity index (χ2n) is 3.58. The third-order valence-electron chi connectivity index (χ3n) is 2.71. The number of nitrogens with zero attached hydrogens (tertiary/aromatic N) is 2. The molecule has 0 atom stereocenters. The van der Waals surface area contributed by atoms with E-state index in [1.54, 1.807) is 0 Å². The molecule has 1 aliphatic heterocycles. The van der Waals surface area contributed by atoms with Crippen molar-refractivity contribution in [3.05, 3.63) is 0 Å². The Hall–Kier alpha value is -1.57. The summed E-state index contributed by atoms with van der Waals surface area (Å²) < 4.78 is 0. The van der Waals surface area contributed by atoms with E-state index >= 15 is 0 Å². The smallest absolute Gasteiger partial charge is 0.407 e. The number of aldehydes is 1. The molecule has 1 fully saturated rings. The van der Waals surface area contributed by atoms with Crippen molar-refractivity contribution in [1.82, 2.24) is 4.90 Å². The van der Waals surface area contributed by atoms with E-state index in [1.165, 1.54) is 4.90 Å². The van der Waals surface area contributed by atoms with E-state index in [0.717, 1.165) is 6.29 Å². The molecule has 0 aromatic heterocycles. The summed E-state index contributed by atoms with van der Waals surface area (Å²) in [5.41, 5.74) is -0.610. The minimum absolute atomic E-state index is 0.184. The summed E-state index contributed by atoms with van der Waals surface area (Å²) in [6, 6.07) is 1.98. The van der Waals surface area contributed by atoms with Gasteiger partial charge in [0.15, 0.2) is 0 Å². The zero-order valence-corrected chi connectivity index (χ0v) is 7.77. The highest BCUT2D eigenvalue weighted by Crippen LogP contribution is 2.32. The van der Waals surface area contributed by atoms with Crippen LogP contribution in [0.4, 0.5) is 4.79 Å². The summed E-state index contributed by atoms with van der Waals surface area (Å²) in [5, 5.41) is 17.2. The topological polar surface area (TPSA) is 81.4 Å². The van der Waals surface area contributed by atoms with Crippen LogP contribution in [0.3, 0.4) is 0 Å². The van der Waals surface area contributed by atoms with Crippen LogP contribution in [0.15, 0.2) is 0 Å². The van der Waals surface area contributed by atoms with Crippen LogP contribution in [0, 0.1) is 16.7 Å². The number of amides is 1. The summed E-state index contributed by atoms with van der Waals surface area (Å²) in [5.74, 6) is 0.